The fourth-order valence-corrected chi connectivity index (χ4v) is 2.26. The van der Waals surface area contributed by atoms with Crippen molar-refractivity contribution in [3.05, 3.63) is 34.3 Å². The molecule has 4 heteroatoms. The van der Waals surface area contributed by atoms with Gasteiger partial charge in [0.25, 0.3) is 5.91 Å². The van der Waals surface area contributed by atoms with Gasteiger partial charge in [-0.2, -0.15) is 0 Å². The van der Waals surface area contributed by atoms with E-state index in [-0.39, 0.29) is 5.91 Å². The van der Waals surface area contributed by atoms with E-state index >= 15 is 0 Å². The molecule has 0 heterocycles. The molecule has 1 aliphatic carbocycles. The van der Waals surface area contributed by atoms with Gasteiger partial charge in [0.2, 0.25) is 0 Å². The van der Waals surface area contributed by atoms with Crippen LogP contribution in [0.2, 0.25) is 5.02 Å². The lowest BCUT2D eigenvalue weighted by Crippen LogP contribution is -2.35. The quantitative estimate of drug-likeness (QED) is 0.768. The summed E-state index contributed by atoms with van der Waals surface area (Å²) in [5, 5.41) is 0.598. The molecule has 1 aliphatic rings. The number of halogens is 2. The lowest BCUT2D eigenvalue weighted by atomic mass is 10.1. The summed E-state index contributed by atoms with van der Waals surface area (Å²) in [5.41, 5.74) is 1.65. The van der Waals surface area contributed by atoms with E-state index in [0.29, 0.717) is 29.1 Å². The molecule has 0 atom stereocenters. The maximum Gasteiger partial charge on any atom is 0.254 e. The Morgan fingerprint density at radius 2 is 2.18 bits per heavy atom. The van der Waals surface area contributed by atoms with Crippen LogP contribution < -0.4 is 0 Å². The third-order valence-electron chi connectivity index (χ3n) is 3.00. The summed E-state index contributed by atoms with van der Waals surface area (Å²) in [6.07, 6.45) is 2.17. The fourth-order valence-electron chi connectivity index (χ4n) is 1.91. The molecule has 0 N–H and O–H groups in total. The number of amides is 1. The molecular weight excluding hydrogens is 257 g/mol. The summed E-state index contributed by atoms with van der Waals surface area (Å²) in [7, 11) is 0. The van der Waals surface area contributed by atoms with Gasteiger partial charge in [-0.05, 0) is 37.5 Å². The van der Waals surface area contributed by atoms with Gasteiger partial charge in [-0.3, -0.25) is 4.79 Å². The second-order valence-electron chi connectivity index (χ2n) is 4.38. The molecule has 1 aromatic rings. The van der Waals surface area contributed by atoms with E-state index < -0.39 is 0 Å². The summed E-state index contributed by atoms with van der Waals surface area (Å²) >= 11 is 11.7. The minimum atomic E-state index is 0.0492. The van der Waals surface area contributed by atoms with Gasteiger partial charge in [0.15, 0.2) is 0 Å². The molecule has 0 saturated heterocycles. The lowest BCUT2D eigenvalue weighted by Gasteiger charge is -2.22. The van der Waals surface area contributed by atoms with E-state index in [1.165, 1.54) is 0 Å². The first-order valence-electron chi connectivity index (χ1n) is 5.76. The maximum absolute atomic E-state index is 12.4. The molecule has 0 unspecified atom stereocenters. The van der Waals surface area contributed by atoms with Crippen molar-refractivity contribution < 1.29 is 4.79 Å². The number of carbonyl (C=O) groups excluding carboxylic acids is 1. The van der Waals surface area contributed by atoms with Gasteiger partial charge in [0.1, 0.15) is 0 Å². The molecule has 1 amide bonds. The first-order chi connectivity index (χ1) is 8.13. The van der Waals surface area contributed by atoms with Gasteiger partial charge in [-0.25, -0.2) is 0 Å². The molecule has 1 aromatic carbocycles. The third-order valence-corrected chi connectivity index (χ3v) is 3.41. The first-order valence-corrected chi connectivity index (χ1v) is 6.68. The fraction of sp³-hybridized carbons (Fsp3) is 0.462. The highest BCUT2D eigenvalue weighted by molar-refractivity contribution is 6.31. The number of rotatable bonds is 4. The molecule has 2 rings (SSSR count). The normalized spacial score (nSPS) is 14.8. The molecule has 0 aromatic heterocycles. The molecule has 0 aliphatic heterocycles. The van der Waals surface area contributed by atoms with Gasteiger partial charge >= 0.3 is 0 Å². The van der Waals surface area contributed by atoms with Crippen molar-refractivity contribution in [2.75, 3.05) is 12.4 Å². The SMILES string of the molecule is Cc1ccc(Cl)cc1C(=O)N(CCCl)C1CC1. The van der Waals surface area contributed by atoms with Crippen molar-refractivity contribution in [1.82, 2.24) is 4.90 Å². The van der Waals surface area contributed by atoms with E-state index in [9.17, 15) is 4.79 Å². The minimum Gasteiger partial charge on any atom is -0.334 e. The Kier molecular flexibility index (Phi) is 3.95. The molecule has 1 saturated carbocycles. The van der Waals surface area contributed by atoms with Crippen LogP contribution in [0.5, 0.6) is 0 Å². The second kappa shape index (κ2) is 5.28. The Bertz CT molecular complexity index is 429. The van der Waals surface area contributed by atoms with Crippen molar-refractivity contribution >= 4 is 29.1 Å². The standard InChI is InChI=1S/C13H15Cl2NO/c1-9-2-3-10(15)8-12(9)13(17)16(7-6-14)11-4-5-11/h2-3,8,11H,4-7H2,1H3. The number of aryl methyl sites for hydroxylation is 1. The van der Waals surface area contributed by atoms with Crippen LogP contribution >= 0.6 is 23.2 Å². The summed E-state index contributed by atoms with van der Waals surface area (Å²) in [5.74, 6) is 0.523. The van der Waals surface area contributed by atoms with Gasteiger partial charge in [-0.15, -0.1) is 11.6 Å². The molecule has 1 fully saturated rings. The van der Waals surface area contributed by atoms with E-state index in [4.69, 9.17) is 23.2 Å². The highest BCUT2D eigenvalue weighted by Gasteiger charge is 2.33. The molecule has 17 heavy (non-hydrogen) atoms. The largest absolute Gasteiger partial charge is 0.334 e. The van der Waals surface area contributed by atoms with E-state index in [2.05, 4.69) is 0 Å². The van der Waals surface area contributed by atoms with Crippen LogP contribution in [0.4, 0.5) is 0 Å². The zero-order chi connectivity index (χ0) is 12.4. The average molecular weight is 272 g/mol. The Balaban J connectivity index is 2.24. The van der Waals surface area contributed by atoms with Crippen molar-refractivity contribution in [3.63, 3.8) is 0 Å². The molecule has 92 valence electrons. The van der Waals surface area contributed by atoms with Crippen LogP contribution in [-0.2, 0) is 0 Å². The summed E-state index contributed by atoms with van der Waals surface area (Å²) in [4.78, 5) is 14.3. The number of benzene rings is 1. The van der Waals surface area contributed by atoms with Gasteiger partial charge < -0.3 is 4.90 Å². The zero-order valence-electron chi connectivity index (χ0n) is 9.75. The highest BCUT2D eigenvalue weighted by Crippen LogP contribution is 2.29. The average Bonchev–Trinajstić information content (AvgIpc) is 3.12. The van der Waals surface area contributed by atoms with Crippen LogP contribution in [0, 0.1) is 6.92 Å². The summed E-state index contributed by atoms with van der Waals surface area (Å²) < 4.78 is 0. The second-order valence-corrected chi connectivity index (χ2v) is 5.19. The predicted molar refractivity (Wildman–Crippen MR) is 71.0 cm³/mol. The topological polar surface area (TPSA) is 20.3 Å². The summed E-state index contributed by atoms with van der Waals surface area (Å²) in [6.45, 7) is 2.53. The van der Waals surface area contributed by atoms with Gasteiger partial charge in [0, 0.05) is 29.1 Å². The van der Waals surface area contributed by atoms with Crippen molar-refractivity contribution in [1.29, 1.82) is 0 Å². The number of alkyl halides is 1. The van der Waals surface area contributed by atoms with Crippen molar-refractivity contribution in [2.24, 2.45) is 0 Å². The first kappa shape index (κ1) is 12.7. The van der Waals surface area contributed by atoms with Gasteiger partial charge in [0.05, 0.1) is 0 Å². The molecule has 0 radical (unpaired) electrons. The predicted octanol–water partition coefficient (Wildman–Crippen LogP) is 3.49. The van der Waals surface area contributed by atoms with E-state index in [1.54, 1.807) is 12.1 Å². The minimum absolute atomic E-state index is 0.0492. The number of hydrogen-bond donors (Lipinski definition) is 0. The van der Waals surface area contributed by atoms with Crippen LogP contribution in [-0.4, -0.2) is 29.3 Å². The number of nitrogens with zero attached hydrogens (tertiary/aromatic N) is 1. The van der Waals surface area contributed by atoms with Crippen LogP contribution in [0.3, 0.4) is 0 Å². The monoisotopic (exact) mass is 271 g/mol. The van der Waals surface area contributed by atoms with Crippen LogP contribution in [0.1, 0.15) is 28.8 Å². The Morgan fingerprint density at radius 3 is 2.76 bits per heavy atom. The molecule has 0 spiro atoms. The third kappa shape index (κ3) is 2.93. The van der Waals surface area contributed by atoms with Gasteiger partial charge in [-0.1, -0.05) is 17.7 Å². The Morgan fingerprint density at radius 1 is 1.47 bits per heavy atom. The van der Waals surface area contributed by atoms with Crippen molar-refractivity contribution in [3.8, 4) is 0 Å². The van der Waals surface area contributed by atoms with Crippen LogP contribution in [0.15, 0.2) is 18.2 Å². The van der Waals surface area contributed by atoms with Crippen LogP contribution in [0.25, 0.3) is 0 Å². The van der Waals surface area contributed by atoms with E-state index in [0.717, 1.165) is 18.4 Å². The van der Waals surface area contributed by atoms with E-state index in [1.807, 2.05) is 17.9 Å². The highest BCUT2D eigenvalue weighted by atomic mass is 35.5. The zero-order valence-corrected chi connectivity index (χ0v) is 11.3. The van der Waals surface area contributed by atoms with Crippen molar-refractivity contribution in [2.45, 2.75) is 25.8 Å². The Hall–Kier alpha value is -0.730. The number of carbonyl (C=O) groups is 1. The molecular formula is C13H15Cl2NO. The molecule has 2 nitrogen and oxygen atoms in total. The maximum atomic E-state index is 12.4. The number of hydrogen-bond acceptors (Lipinski definition) is 1. The molecule has 0 bridgehead atoms. The lowest BCUT2D eigenvalue weighted by molar-refractivity contribution is 0.0753. The Labute approximate surface area is 112 Å². The summed E-state index contributed by atoms with van der Waals surface area (Å²) in [6, 6.07) is 5.79. The smallest absolute Gasteiger partial charge is 0.254 e.